The average Bonchev–Trinajstić information content (AvgIpc) is 2.04. The normalized spacial score (nSPS) is 25.6. The summed E-state index contributed by atoms with van der Waals surface area (Å²) in [5.41, 5.74) is 0. The molecular weight excluding hydrogens is 190 g/mol. The highest BCUT2D eigenvalue weighted by Gasteiger charge is 2.59. The first-order valence-electron chi connectivity index (χ1n) is 4.04. The van der Waals surface area contributed by atoms with Crippen molar-refractivity contribution in [1.29, 1.82) is 0 Å². The first-order valence-corrected chi connectivity index (χ1v) is 4.04. The molecular formula is C7H11F4NO. The van der Waals surface area contributed by atoms with E-state index in [1.807, 2.05) is 0 Å². The topological polar surface area (TPSA) is 32.3 Å². The standard InChI is InChI=1S/C7H11F4NO/c8-6(13,7(9,10)11)5-1-3-12-4-2-5/h5,12-13H,1-4H2. The van der Waals surface area contributed by atoms with Gasteiger partial charge in [-0.3, -0.25) is 0 Å². The summed E-state index contributed by atoms with van der Waals surface area (Å²) < 4.78 is 48.8. The molecule has 1 rings (SSSR count). The van der Waals surface area contributed by atoms with E-state index in [2.05, 4.69) is 5.32 Å². The highest BCUT2D eigenvalue weighted by Crippen LogP contribution is 2.40. The molecule has 0 radical (unpaired) electrons. The van der Waals surface area contributed by atoms with Gasteiger partial charge in [-0.15, -0.1) is 0 Å². The molecule has 0 aliphatic carbocycles. The van der Waals surface area contributed by atoms with E-state index < -0.39 is 17.9 Å². The van der Waals surface area contributed by atoms with Crippen molar-refractivity contribution in [2.75, 3.05) is 13.1 Å². The van der Waals surface area contributed by atoms with Crippen LogP contribution in [0.4, 0.5) is 17.6 Å². The average molecular weight is 201 g/mol. The number of aliphatic hydroxyl groups is 1. The quantitative estimate of drug-likeness (QED) is 0.625. The van der Waals surface area contributed by atoms with Crippen LogP contribution in [-0.2, 0) is 0 Å². The molecule has 1 atom stereocenters. The number of nitrogens with one attached hydrogen (secondary N) is 1. The van der Waals surface area contributed by atoms with E-state index in [0.29, 0.717) is 13.1 Å². The van der Waals surface area contributed by atoms with Gasteiger partial charge < -0.3 is 10.4 Å². The second-order valence-corrected chi connectivity index (χ2v) is 3.20. The molecule has 1 saturated heterocycles. The lowest BCUT2D eigenvalue weighted by molar-refractivity contribution is -0.338. The highest BCUT2D eigenvalue weighted by molar-refractivity contribution is 4.86. The summed E-state index contributed by atoms with van der Waals surface area (Å²) in [5, 5.41) is 11.4. The van der Waals surface area contributed by atoms with Gasteiger partial charge in [0, 0.05) is 5.92 Å². The van der Waals surface area contributed by atoms with Crippen molar-refractivity contribution in [2.45, 2.75) is 24.9 Å². The monoisotopic (exact) mass is 201 g/mol. The van der Waals surface area contributed by atoms with E-state index in [1.165, 1.54) is 0 Å². The first-order chi connectivity index (χ1) is 5.86. The molecule has 0 saturated carbocycles. The van der Waals surface area contributed by atoms with Gasteiger partial charge in [-0.1, -0.05) is 0 Å². The Bertz CT molecular complexity index is 174. The lowest BCUT2D eigenvalue weighted by atomic mass is 9.90. The molecule has 1 unspecified atom stereocenters. The fourth-order valence-corrected chi connectivity index (χ4v) is 1.44. The SMILES string of the molecule is OC(F)(C1CCNCC1)C(F)(F)F. The van der Waals surface area contributed by atoms with Gasteiger partial charge in [0.15, 0.2) is 0 Å². The minimum absolute atomic E-state index is 0.00646. The number of hydrogen-bond donors (Lipinski definition) is 2. The van der Waals surface area contributed by atoms with Crippen molar-refractivity contribution < 1.29 is 22.7 Å². The van der Waals surface area contributed by atoms with Gasteiger partial charge in [0.1, 0.15) is 0 Å². The van der Waals surface area contributed by atoms with Crippen LogP contribution < -0.4 is 5.32 Å². The second-order valence-electron chi connectivity index (χ2n) is 3.20. The minimum Gasteiger partial charge on any atom is -0.355 e. The predicted molar refractivity (Wildman–Crippen MR) is 37.7 cm³/mol. The zero-order valence-corrected chi connectivity index (χ0v) is 6.86. The molecule has 1 fully saturated rings. The van der Waals surface area contributed by atoms with E-state index in [4.69, 9.17) is 5.11 Å². The Morgan fingerprint density at radius 2 is 1.54 bits per heavy atom. The highest BCUT2D eigenvalue weighted by atomic mass is 19.4. The lowest BCUT2D eigenvalue weighted by Gasteiger charge is -2.33. The summed E-state index contributed by atoms with van der Waals surface area (Å²) in [6.45, 7) is 0.625. The van der Waals surface area contributed by atoms with Crippen LogP contribution in [0.5, 0.6) is 0 Å². The van der Waals surface area contributed by atoms with Crippen LogP contribution in [0.25, 0.3) is 0 Å². The Kier molecular flexibility index (Phi) is 2.82. The number of halogens is 4. The molecule has 0 bridgehead atoms. The molecule has 2 N–H and O–H groups in total. The number of hydrogen-bond acceptors (Lipinski definition) is 2. The summed E-state index contributed by atoms with van der Waals surface area (Å²) in [4.78, 5) is 0. The van der Waals surface area contributed by atoms with Crippen molar-refractivity contribution in [1.82, 2.24) is 5.32 Å². The van der Waals surface area contributed by atoms with Crippen LogP contribution in [0.1, 0.15) is 12.8 Å². The lowest BCUT2D eigenvalue weighted by Crippen LogP contribution is -2.50. The molecule has 6 heteroatoms. The molecule has 2 nitrogen and oxygen atoms in total. The third kappa shape index (κ3) is 2.11. The Balaban J connectivity index is 2.67. The molecule has 0 amide bonds. The van der Waals surface area contributed by atoms with E-state index >= 15 is 0 Å². The van der Waals surface area contributed by atoms with Crippen molar-refractivity contribution in [3.05, 3.63) is 0 Å². The minimum atomic E-state index is -5.19. The van der Waals surface area contributed by atoms with Crippen LogP contribution in [-0.4, -0.2) is 30.2 Å². The maximum Gasteiger partial charge on any atom is 0.448 e. The smallest absolute Gasteiger partial charge is 0.355 e. The van der Waals surface area contributed by atoms with Crippen molar-refractivity contribution in [3.63, 3.8) is 0 Å². The van der Waals surface area contributed by atoms with Crippen LogP contribution in [0, 0.1) is 5.92 Å². The second kappa shape index (κ2) is 3.42. The van der Waals surface area contributed by atoms with Gasteiger partial charge in [-0.05, 0) is 25.9 Å². The Morgan fingerprint density at radius 1 is 1.08 bits per heavy atom. The maximum atomic E-state index is 12.9. The summed E-state index contributed by atoms with van der Waals surface area (Å²) in [6.07, 6.45) is -5.17. The summed E-state index contributed by atoms with van der Waals surface area (Å²) in [5.74, 6) is -5.37. The Morgan fingerprint density at radius 3 is 1.92 bits per heavy atom. The van der Waals surface area contributed by atoms with Gasteiger partial charge in [-0.25, -0.2) is 4.39 Å². The van der Waals surface area contributed by atoms with E-state index in [0.717, 1.165) is 0 Å². The van der Waals surface area contributed by atoms with Crippen LogP contribution >= 0.6 is 0 Å². The molecule has 78 valence electrons. The summed E-state index contributed by atoms with van der Waals surface area (Å²) in [6, 6.07) is 0. The summed E-state index contributed by atoms with van der Waals surface area (Å²) >= 11 is 0. The molecule has 0 aromatic heterocycles. The third-order valence-corrected chi connectivity index (χ3v) is 2.28. The van der Waals surface area contributed by atoms with Gasteiger partial charge in [0.05, 0.1) is 0 Å². The van der Waals surface area contributed by atoms with Crippen LogP contribution in [0.2, 0.25) is 0 Å². The van der Waals surface area contributed by atoms with Gasteiger partial charge in [0.2, 0.25) is 0 Å². The van der Waals surface area contributed by atoms with E-state index in [9.17, 15) is 17.6 Å². The van der Waals surface area contributed by atoms with Gasteiger partial charge in [-0.2, -0.15) is 13.2 Å². The zero-order valence-electron chi connectivity index (χ0n) is 6.86. The number of rotatable bonds is 1. The van der Waals surface area contributed by atoms with Crippen LogP contribution in [0.15, 0.2) is 0 Å². The molecule has 0 aromatic rings. The largest absolute Gasteiger partial charge is 0.448 e. The Hall–Kier alpha value is -0.360. The molecule has 1 aliphatic heterocycles. The fraction of sp³-hybridized carbons (Fsp3) is 1.00. The van der Waals surface area contributed by atoms with Gasteiger partial charge >= 0.3 is 12.0 Å². The number of piperidine rings is 1. The van der Waals surface area contributed by atoms with Crippen molar-refractivity contribution >= 4 is 0 Å². The van der Waals surface area contributed by atoms with E-state index in [-0.39, 0.29) is 12.8 Å². The fourth-order valence-electron chi connectivity index (χ4n) is 1.44. The Labute approximate surface area is 72.9 Å². The van der Waals surface area contributed by atoms with Crippen molar-refractivity contribution in [2.24, 2.45) is 5.92 Å². The van der Waals surface area contributed by atoms with Crippen LogP contribution in [0.3, 0.4) is 0 Å². The predicted octanol–water partition coefficient (Wildman–Crippen LogP) is 1.21. The van der Waals surface area contributed by atoms with Crippen molar-refractivity contribution in [3.8, 4) is 0 Å². The molecule has 1 aliphatic rings. The maximum absolute atomic E-state index is 12.9. The van der Waals surface area contributed by atoms with E-state index in [1.54, 1.807) is 0 Å². The third-order valence-electron chi connectivity index (χ3n) is 2.28. The first kappa shape index (κ1) is 10.7. The summed E-state index contributed by atoms with van der Waals surface area (Å²) in [7, 11) is 0. The molecule has 0 spiro atoms. The zero-order chi connectivity index (χ0) is 10.1. The molecule has 0 aromatic carbocycles. The molecule has 13 heavy (non-hydrogen) atoms. The molecule has 1 heterocycles. The number of alkyl halides is 4. The van der Waals surface area contributed by atoms with Gasteiger partial charge in [0.25, 0.3) is 0 Å².